The van der Waals surface area contributed by atoms with Gasteiger partial charge in [-0.05, 0) is 16.5 Å². The number of hydrogen-bond donors (Lipinski definition) is 0. The van der Waals surface area contributed by atoms with Gasteiger partial charge in [0.2, 0.25) is 0 Å². The molecule has 102 valence electrons. The molecule has 0 aliphatic carbocycles. The van der Waals surface area contributed by atoms with Gasteiger partial charge in [-0.2, -0.15) is 13.2 Å². The van der Waals surface area contributed by atoms with E-state index in [1.807, 2.05) is 12.1 Å². The summed E-state index contributed by atoms with van der Waals surface area (Å²) in [5.74, 6) is 0. The summed E-state index contributed by atoms with van der Waals surface area (Å²) >= 11 is 0. The highest BCUT2D eigenvalue weighted by molar-refractivity contribution is 5.28. The predicted molar refractivity (Wildman–Crippen MR) is 65.6 cm³/mol. The van der Waals surface area contributed by atoms with Crippen molar-refractivity contribution in [1.82, 2.24) is 0 Å². The largest absolute Gasteiger partial charge is 0.391 e. The Morgan fingerprint density at radius 1 is 1.06 bits per heavy atom. The van der Waals surface area contributed by atoms with Crippen LogP contribution in [0.3, 0.4) is 0 Å². The third kappa shape index (κ3) is 4.33. The molecular formula is C14H19F3O. The zero-order valence-electron chi connectivity index (χ0n) is 11.1. The van der Waals surface area contributed by atoms with Gasteiger partial charge in [0.15, 0.2) is 0 Å². The summed E-state index contributed by atoms with van der Waals surface area (Å²) in [5.41, 5.74) is 1.64. The van der Waals surface area contributed by atoms with Crippen LogP contribution in [0.15, 0.2) is 24.3 Å². The van der Waals surface area contributed by atoms with Crippen LogP contribution in [0.5, 0.6) is 0 Å². The van der Waals surface area contributed by atoms with Crippen molar-refractivity contribution in [3.05, 3.63) is 35.4 Å². The molecule has 0 N–H and O–H groups in total. The summed E-state index contributed by atoms with van der Waals surface area (Å²) in [7, 11) is 1.30. The molecule has 1 rings (SSSR count). The highest BCUT2D eigenvalue weighted by Gasteiger charge is 2.32. The summed E-state index contributed by atoms with van der Waals surface area (Å²) in [6, 6.07) is 7.14. The van der Waals surface area contributed by atoms with Crippen molar-refractivity contribution >= 4 is 0 Å². The van der Waals surface area contributed by atoms with E-state index in [-0.39, 0.29) is 5.41 Å². The average molecular weight is 260 g/mol. The normalized spacial score (nSPS) is 14.6. The van der Waals surface area contributed by atoms with Crippen molar-refractivity contribution in [2.75, 3.05) is 7.11 Å². The lowest BCUT2D eigenvalue weighted by molar-refractivity contribution is -0.158. The molecular weight excluding hydrogens is 241 g/mol. The monoisotopic (exact) mass is 260 g/mol. The Hall–Kier alpha value is -1.03. The van der Waals surface area contributed by atoms with Crippen molar-refractivity contribution in [1.29, 1.82) is 0 Å². The molecule has 1 unspecified atom stereocenters. The van der Waals surface area contributed by atoms with E-state index in [9.17, 15) is 13.2 Å². The van der Waals surface area contributed by atoms with Gasteiger partial charge in [-0.1, -0.05) is 45.0 Å². The van der Waals surface area contributed by atoms with Gasteiger partial charge in [0.05, 0.1) is 12.5 Å². The third-order valence-corrected chi connectivity index (χ3v) is 2.85. The van der Waals surface area contributed by atoms with Gasteiger partial charge in [-0.25, -0.2) is 0 Å². The van der Waals surface area contributed by atoms with Gasteiger partial charge < -0.3 is 4.74 Å². The fourth-order valence-electron chi connectivity index (χ4n) is 1.75. The zero-order valence-corrected chi connectivity index (χ0v) is 11.1. The molecule has 0 aliphatic heterocycles. The van der Waals surface area contributed by atoms with E-state index in [0.29, 0.717) is 5.56 Å². The van der Waals surface area contributed by atoms with Crippen molar-refractivity contribution in [3.8, 4) is 0 Å². The van der Waals surface area contributed by atoms with Crippen molar-refractivity contribution in [2.45, 2.75) is 44.9 Å². The smallest absolute Gasteiger partial charge is 0.376 e. The topological polar surface area (TPSA) is 9.23 Å². The van der Waals surface area contributed by atoms with Crippen molar-refractivity contribution in [3.63, 3.8) is 0 Å². The summed E-state index contributed by atoms with van der Waals surface area (Å²) in [6.45, 7) is 6.18. The maximum Gasteiger partial charge on any atom is 0.391 e. The minimum Gasteiger partial charge on any atom is -0.376 e. The predicted octanol–water partition coefficient (Wildman–Crippen LogP) is 4.62. The molecule has 0 radical (unpaired) electrons. The molecule has 1 aromatic rings. The molecule has 0 amide bonds. The van der Waals surface area contributed by atoms with E-state index in [1.54, 1.807) is 12.1 Å². The molecule has 0 heterocycles. The average Bonchev–Trinajstić information content (AvgIpc) is 2.24. The number of hydrogen-bond acceptors (Lipinski definition) is 1. The first-order chi connectivity index (χ1) is 8.13. The second kappa shape index (κ2) is 5.31. The maximum absolute atomic E-state index is 12.4. The molecule has 18 heavy (non-hydrogen) atoms. The van der Waals surface area contributed by atoms with E-state index in [4.69, 9.17) is 4.74 Å². The lowest BCUT2D eigenvalue weighted by Gasteiger charge is -2.21. The molecule has 1 nitrogen and oxygen atoms in total. The van der Waals surface area contributed by atoms with E-state index >= 15 is 0 Å². The van der Waals surface area contributed by atoms with Crippen LogP contribution in [0.2, 0.25) is 0 Å². The Morgan fingerprint density at radius 2 is 1.56 bits per heavy atom. The van der Waals surface area contributed by atoms with Gasteiger partial charge in [-0.3, -0.25) is 0 Å². The van der Waals surface area contributed by atoms with Gasteiger partial charge in [-0.15, -0.1) is 0 Å². The Bertz CT molecular complexity index is 374. The molecule has 0 aromatic heterocycles. The molecule has 0 fully saturated rings. The first kappa shape index (κ1) is 15.0. The van der Waals surface area contributed by atoms with E-state index < -0.39 is 18.7 Å². The number of halogens is 3. The second-order valence-electron chi connectivity index (χ2n) is 5.42. The lowest BCUT2D eigenvalue weighted by atomic mass is 9.86. The Balaban J connectivity index is 2.89. The van der Waals surface area contributed by atoms with Gasteiger partial charge in [0.1, 0.15) is 0 Å². The Labute approximate surface area is 106 Å². The lowest BCUT2D eigenvalue weighted by Crippen LogP contribution is -2.16. The van der Waals surface area contributed by atoms with Crippen molar-refractivity contribution < 1.29 is 17.9 Å². The van der Waals surface area contributed by atoms with E-state index in [0.717, 1.165) is 5.56 Å². The molecule has 0 bridgehead atoms. The Kier molecular flexibility index (Phi) is 4.43. The number of ether oxygens (including phenoxy) is 1. The maximum atomic E-state index is 12.4. The molecule has 4 heteroatoms. The number of rotatable bonds is 3. The summed E-state index contributed by atoms with van der Waals surface area (Å²) in [5, 5.41) is 0. The molecule has 0 spiro atoms. The van der Waals surface area contributed by atoms with Crippen LogP contribution in [0.1, 0.15) is 44.4 Å². The third-order valence-electron chi connectivity index (χ3n) is 2.85. The van der Waals surface area contributed by atoms with Crippen LogP contribution in [0.25, 0.3) is 0 Å². The van der Waals surface area contributed by atoms with Crippen LogP contribution < -0.4 is 0 Å². The summed E-state index contributed by atoms with van der Waals surface area (Å²) in [6.07, 6.45) is -6.11. The number of alkyl halides is 3. The quantitative estimate of drug-likeness (QED) is 0.770. The van der Waals surface area contributed by atoms with Crippen LogP contribution in [-0.2, 0) is 10.2 Å². The van der Waals surface area contributed by atoms with Gasteiger partial charge >= 0.3 is 6.18 Å². The fourth-order valence-corrected chi connectivity index (χ4v) is 1.75. The van der Waals surface area contributed by atoms with Crippen molar-refractivity contribution in [2.24, 2.45) is 0 Å². The van der Waals surface area contributed by atoms with Crippen LogP contribution in [-0.4, -0.2) is 13.3 Å². The first-order valence-corrected chi connectivity index (χ1v) is 5.83. The summed E-state index contributed by atoms with van der Waals surface area (Å²) in [4.78, 5) is 0. The van der Waals surface area contributed by atoms with Gasteiger partial charge in [0, 0.05) is 7.11 Å². The second-order valence-corrected chi connectivity index (χ2v) is 5.42. The van der Waals surface area contributed by atoms with Crippen LogP contribution >= 0.6 is 0 Å². The molecule has 1 aromatic carbocycles. The summed E-state index contributed by atoms with van der Waals surface area (Å²) < 4.78 is 42.0. The number of methoxy groups -OCH3 is 1. The molecule has 0 saturated heterocycles. The standard InChI is InChI=1S/C14H19F3O/c1-13(2,3)11-7-5-10(6-8-11)12(18-4)9-14(15,16)17/h5-8,12H,9H2,1-4H3. The van der Waals surface area contributed by atoms with Crippen LogP contribution in [0, 0.1) is 0 Å². The van der Waals surface area contributed by atoms with Crippen LogP contribution in [0.4, 0.5) is 13.2 Å². The highest BCUT2D eigenvalue weighted by Crippen LogP contribution is 2.32. The molecule has 0 saturated carbocycles. The molecule has 1 atom stereocenters. The number of benzene rings is 1. The minimum absolute atomic E-state index is 0.00880. The highest BCUT2D eigenvalue weighted by atomic mass is 19.4. The SMILES string of the molecule is COC(CC(F)(F)F)c1ccc(C(C)(C)C)cc1. The van der Waals surface area contributed by atoms with E-state index in [1.165, 1.54) is 7.11 Å². The van der Waals surface area contributed by atoms with Gasteiger partial charge in [0.25, 0.3) is 0 Å². The minimum atomic E-state index is -4.22. The van der Waals surface area contributed by atoms with E-state index in [2.05, 4.69) is 20.8 Å². The molecule has 0 aliphatic rings. The first-order valence-electron chi connectivity index (χ1n) is 5.83. The fraction of sp³-hybridized carbons (Fsp3) is 0.571. The zero-order chi connectivity index (χ0) is 14.0. The Morgan fingerprint density at radius 3 is 1.89 bits per heavy atom.